The molecule has 5 heteroatoms. The van der Waals surface area contributed by atoms with Crippen LogP contribution in [0.3, 0.4) is 0 Å². The Labute approximate surface area is 104 Å². The van der Waals surface area contributed by atoms with Crippen LogP contribution in [-0.2, 0) is 13.2 Å². The third kappa shape index (κ3) is 2.77. The second kappa shape index (κ2) is 5.48. The van der Waals surface area contributed by atoms with Gasteiger partial charge < -0.3 is 20.6 Å². The second-order valence-electron chi connectivity index (χ2n) is 3.78. The summed E-state index contributed by atoms with van der Waals surface area (Å²) in [7, 11) is 0. The van der Waals surface area contributed by atoms with Crippen LogP contribution in [0.1, 0.15) is 21.9 Å². The van der Waals surface area contributed by atoms with Crippen LogP contribution in [0, 0.1) is 0 Å². The molecule has 94 valence electrons. The largest absolute Gasteiger partial charge is 0.455 e. The molecule has 0 radical (unpaired) electrons. The van der Waals surface area contributed by atoms with E-state index >= 15 is 0 Å². The van der Waals surface area contributed by atoms with Crippen molar-refractivity contribution >= 4 is 11.6 Å². The van der Waals surface area contributed by atoms with E-state index in [1.165, 1.54) is 0 Å². The number of carbonyl (C=O) groups is 1. The Balaban J connectivity index is 2.10. The Morgan fingerprint density at radius 1 is 1.33 bits per heavy atom. The number of carbonyl (C=O) groups excluding carboxylic acids is 1. The monoisotopic (exact) mass is 246 g/mol. The summed E-state index contributed by atoms with van der Waals surface area (Å²) < 4.78 is 5.24. The number of furan rings is 1. The van der Waals surface area contributed by atoms with Gasteiger partial charge >= 0.3 is 0 Å². The summed E-state index contributed by atoms with van der Waals surface area (Å²) in [6.07, 6.45) is 0. The number of nitrogens with two attached hydrogens (primary N) is 1. The summed E-state index contributed by atoms with van der Waals surface area (Å²) in [5.74, 6) is 0.430. The predicted octanol–water partition coefficient (Wildman–Crippen LogP) is 1.48. The number of hydrogen-bond donors (Lipinski definition) is 3. The molecule has 2 rings (SSSR count). The molecule has 0 fully saturated rings. The van der Waals surface area contributed by atoms with Gasteiger partial charge in [-0.2, -0.15) is 0 Å². The van der Waals surface area contributed by atoms with Gasteiger partial charge in [0.1, 0.15) is 5.76 Å². The lowest BCUT2D eigenvalue weighted by Crippen LogP contribution is -2.11. The standard InChI is InChI=1S/C13H14N2O3/c14-7-11-4-5-12(18-11)13(17)15-10-3-1-2-9(6-10)8-16/h1-6,16H,7-8,14H2,(H,15,17). The van der Waals surface area contributed by atoms with Crippen molar-refractivity contribution in [1.82, 2.24) is 0 Å². The highest BCUT2D eigenvalue weighted by atomic mass is 16.4. The number of aliphatic hydroxyl groups is 1. The third-order valence-electron chi connectivity index (χ3n) is 2.45. The van der Waals surface area contributed by atoms with Crippen LogP contribution >= 0.6 is 0 Å². The summed E-state index contributed by atoms with van der Waals surface area (Å²) >= 11 is 0. The van der Waals surface area contributed by atoms with Gasteiger partial charge in [-0.05, 0) is 29.8 Å². The minimum Gasteiger partial charge on any atom is -0.455 e. The summed E-state index contributed by atoms with van der Waals surface area (Å²) in [6, 6.07) is 10.2. The fraction of sp³-hybridized carbons (Fsp3) is 0.154. The average Bonchev–Trinajstić information content (AvgIpc) is 2.88. The van der Waals surface area contributed by atoms with Crippen molar-refractivity contribution in [1.29, 1.82) is 0 Å². The number of amides is 1. The van der Waals surface area contributed by atoms with E-state index in [9.17, 15) is 4.79 Å². The zero-order valence-corrected chi connectivity index (χ0v) is 9.72. The Morgan fingerprint density at radius 3 is 2.83 bits per heavy atom. The van der Waals surface area contributed by atoms with Gasteiger partial charge in [-0.25, -0.2) is 0 Å². The van der Waals surface area contributed by atoms with Crippen molar-refractivity contribution in [3.05, 3.63) is 53.5 Å². The predicted molar refractivity (Wildman–Crippen MR) is 66.9 cm³/mol. The van der Waals surface area contributed by atoms with E-state index in [4.69, 9.17) is 15.3 Å². The van der Waals surface area contributed by atoms with Crippen LogP contribution in [0.2, 0.25) is 0 Å². The minimum atomic E-state index is -0.343. The lowest BCUT2D eigenvalue weighted by molar-refractivity contribution is 0.0995. The summed E-state index contributed by atoms with van der Waals surface area (Å²) in [5, 5.41) is 11.7. The van der Waals surface area contributed by atoms with Gasteiger partial charge in [0, 0.05) is 5.69 Å². The van der Waals surface area contributed by atoms with E-state index in [1.54, 1.807) is 36.4 Å². The number of anilines is 1. The van der Waals surface area contributed by atoms with E-state index in [0.717, 1.165) is 5.56 Å². The number of aliphatic hydroxyl groups excluding tert-OH is 1. The molecule has 4 N–H and O–H groups in total. The zero-order valence-electron chi connectivity index (χ0n) is 9.72. The van der Waals surface area contributed by atoms with Crippen LogP contribution in [0.15, 0.2) is 40.8 Å². The summed E-state index contributed by atoms with van der Waals surface area (Å²) in [4.78, 5) is 11.8. The molecule has 0 atom stereocenters. The van der Waals surface area contributed by atoms with Crippen molar-refractivity contribution in [2.75, 3.05) is 5.32 Å². The molecule has 0 saturated carbocycles. The molecule has 0 saturated heterocycles. The smallest absolute Gasteiger partial charge is 0.291 e. The normalized spacial score (nSPS) is 10.3. The van der Waals surface area contributed by atoms with Gasteiger partial charge in [0.2, 0.25) is 0 Å². The first-order valence-electron chi connectivity index (χ1n) is 5.53. The highest BCUT2D eigenvalue weighted by molar-refractivity contribution is 6.02. The molecule has 0 bridgehead atoms. The molecule has 18 heavy (non-hydrogen) atoms. The number of rotatable bonds is 4. The van der Waals surface area contributed by atoms with Crippen LogP contribution in [0.4, 0.5) is 5.69 Å². The van der Waals surface area contributed by atoms with Gasteiger partial charge in [0.05, 0.1) is 13.2 Å². The van der Waals surface area contributed by atoms with Gasteiger partial charge in [0.15, 0.2) is 5.76 Å². The second-order valence-corrected chi connectivity index (χ2v) is 3.78. The van der Waals surface area contributed by atoms with E-state index in [-0.39, 0.29) is 24.8 Å². The molecule has 1 aromatic heterocycles. The summed E-state index contributed by atoms with van der Waals surface area (Å²) in [6.45, 7) is 0.190. The molecule has 0 spiro atoms. The zero-order chi connectivity index (χ0) is 13.0. The van der Waals surface area contributed by atoms with Crippen LogP contribution in [-0.4, -0.2) is 11.0 Å². The highest BCUT2D eigenvalue weighted by Gasteiger charge is 2.10. The molecule has 0 aliphatic carbocycles. The molecule has 0 aliphatic rings. The Morgan fingerprint density at radius 2 is 2.17 bits per heavy atom. The quantitative estimate of drug-likeness (QED) is 0.762. The lowest BCUT2D eigenvalue weighted by atomic mass is 10.2. The average molecular weight is 246 g/mol. The molecule has 1 amide bonds. The SMILES string of the molecule is NCc1ccc(C(=O)Nc2cccc(CO)c2)o1. The number of nitrogens with one attached hydrogen (secondary N) is 1. The lowest BCUT2D eigenvalue weighted by Gasteiger charge is -2.04. The van der Waals surface area contributed by atoms with Gasteiger partial charge in [-0.1, -0.05) is 12.1 Å². The fourth-order valence-electron chi connectivity index (χ4n) is 1.55. The van der Waals surface area contributed by atoms with E-state index < -0.39 is 0 Å². The van der Waals surface area contributed by atoms with E-state index in [0.29, 0.717) is 11.4 Å². The maximum absolute atomic E-state index is 11.8. The first kappa shape index (κ1) is 12.3. The van der Waals surface area contributed by atoms with E-state index in [1.807, 2.05) is 0 Å². The van der Waals surface area contributed by atoms with E-state index in [2.05, 4.69) is 5.32 Å². The maximum Gasteiger partial charge on any atom is 0.291 e. The van der Waals surface area contributed by atoms with Crippen molar-refractivity contribution in [3.63, 3.8) is 0 Å². The Hall–Kier alpha value is -2.11. The van der Waals surface area contributed by atoms with Crippen molar-refractivity contribution in [2.45, 2.75) is 13.2 Å². The maximum atomic E-state index is 11.8. The van der Waals surface area contributed by atoms with Crippen LogP contribution < -0.4 is 11.1 Å². The van der Waals surface area contributed by atoms with Crippen LogP contribution in [0.25, 0.3) is 0 Å². The molecule has 2 aromatic rings. The van der Waals surface area contributed by atoms with Crippen molar-refractivity contribution < 1.29 is 14.3 Å². The number of hydrogen-bond acceptors (Lipinski definition) is 4. The molecule has 1 aromatic carbocycles. The Bertz CT molecular complexity index is 549. The number of benzene rings is 1. The molecule has 1 heterocycles. The first-order chi connectivity index (χ1) is 8.72. The summed E-state index contributed by atoms with van der Waals surface area (Å²) in [5.41, 5.74) is 6.74. The molecular formula is C13H14N2O3. The topological polar surface area (TPSA) is 88.5 Å². The van der Waals surface area contributed by atoms with Crippen molar-refractivity contribution in [2.24, 2.45) is 5.73 Å². The third-order valence-corrected chi connectivity index (χ3v) is 2.45. The highest BCUT2D eigenvalue weighted by Crippen LogP contribution is 2.13. The van der Waals surface area contributed by atoms with Gasteiger partial charge in [-0.3, -0.25) is 4.79 Å². The van der Waals surface area contributed by atoms with Crippen molar-refractivity contribution in [3.8, 4) is 0 Å². The Kier molecular flexibility index (Phi) is 3.76. The van der Waals surface area contributed by atoms with Gasteiger partial charge in [0.25, 0.3) is 5.91 Å². The first-order valence-corrected chi connectivity index (χ1v) is 5.53. The van der Waals surface area contributed by atoms with Gasteiger partial charge in [-0.15, -0.1) is 0 Å². The molecule has 0 aliphatic heterocycles. The molecular weight excluding hydrogens is 232 g/mol. The molecule has 5 nitrogen and oxygen atoms in total. The van der Waals surface area contributed by atoms with Crippen LogP contribution in [0.5, 0.6) is 0 Å². The molecule has 0 unspecified atom stereocenters. The fourth-order valence-corrected chi connectivity index (χ4v) is 1.55. The minimum absolute atomic E-state index is 0.0677.